The molecule has 1 aromatic rings. The first-order valence-electron chi connectivity index (χ1n) is 10.8. The molecule has 1 fully saturated rings. The molecule has 0 radical (unpaired) electrons. The Hall–Kier alpha value is -2.34. The van der Waals surface area contributed by atoms with E-state index in [0.29, 0.717) is 11.7 Å². The van der Waals surface area contributed by atoms with Gasteiger partial charge in [0.25, 0.3) is 0 Å². The van der Waals surface area contributed by atoms with E-state index in [-0.39, 0.29) is 11.9 Å². The predicted octanol–water partition coefficient (Wildman–Crippen LogP) is 6.55. The van der Waals surface area contributed by atoms with Crippen molar-refractivity contribution in [1.29, 1.82) is 5.26 Å². The summed E-state index contributed by atoms with van der Waals surface area (Å²) in [5, 5.41) is 8.48. The van der Waals surface area contributed by atoms with E-state index >= 15 is 0 Å². The molecule has 0 aliphatic heterocycles. The van der Waals surface area contributed by atoms with E-state index in [1.54, 1.807) is 6.08 Å². The number of aryl methyl sites for hydroxylation is 1. The fourth-order valence-electron chi connectivity index (χ4n) is 3.72. The summed E-state index contributed by atoms with van der Waals surface area (Å²) in [5.74, 6) is 1.05. The van der Waals surface area contributed by atoms with Gasteiger partial charge in [0.1, 0.15) is 5.75 Å². The standard InChI is InChI=1S/C25H33NO2/c1-2-3-4-5-7-10-22-14-18-24(19-15-22)28-25(27)23-16-12-21(13-17-23)11-8-6-9-20-26/h6,8-9,11,14-15,18-19,21,23H,2-5,7,10,12-13,16-17H2,1H3. The lowest BCUT2D eigenvalue weighted by atomic mass is 9.82. The second-order valence-electron chi connectivity index (χ2n) is 7.71. The average Bonchev–Trinajstić information content (AvgIpc) is 2.73. The van der Waals surface area contributed by atoms with Gasteiger partial charge in [-0.2, -0.15) is 5.26 Å². The van der Waals surface area contributed by atoms with E-state index < -0.39 is 0 Å². The lowest BCUT2D eigenvalue weighted by Gasteiger charge is -2.25. The van der Waals surface area contributed by atoms with Crippen LogP contribution in [0.4, 0.5) is 0 Å². The van der Waals surface area contributed by atoms with Crippen molar-refractivity contribution in [2.45, 2.75) is 71.1 Å². The number of hydrogen-bond acceptors (Lipinski definition) is 3. The lowest BCUT2D eigenvalue weighted by molar-refractivity contribution is -0.140. The third kappa shape index (κ3) is 8.13. The van der Waals surface area contributed by atoms with Gasteiger partial charge in [-0.25, -0.2) is 0 Å². The Bertz CT molecular complexity index is 673. The molecule has 0 bridgehead atoms. The molecule has 0 spiro atoms. The first-order valence-corrected chi connectivity index (χ1v) is 10.8. The SMILES string of the molecule is CCCCCCCc1ccc(OC(=O)C2CCC(C=CC=CC#N)CC2)cc1. The molecule has 0 amide bonds. The first kappa shape index (κ1) is 22.0. The summed E-state index contributed by atoms with van der Waals surface area (Å²) >= 11 is 0. The van der Waals surface area contributed by atoms with Crippen molar-refractivity contribution in [1.82, 2.24) is 0 Å². The van der Waals surface area contributed by atoms with Crippen LogP contribution in [0.2, 0.25) is 0 Å². The zero-order valence-electron chi connectivity index (χ0n) is 17.1. The molecule has 1 aliphatic carbocycles. The van der Waals surface area contributed by atoms with Crippen LogP contribution >= 0.6 is 0 Å². The molecule has 0 saturated heterocycles. The summed E-state index contributed by atoms with van der Waals surface area (Å²) in [6, 6.07) is 9.99. The minimum absolute atomic E-state index is 0.00228. The molecule has 3 nitrogen and oxygen atoms in total. The van der Waals surface area contributed by atoms with Gasteiger partial charge in [0, 0.05) is 6.08 Å². The third-order valence-electron chi connectivity index (χ3n) is 5.48. The van der Waals surface area contributed by atoms with Crippen molar-refractivity contribution in [3.63, 3.8) is 0 Å². The number of carbonyl (C=O) groups excluding carboxylic acids is 1. The highest BCUT2D eigenvalue weighted by atomic mass is 16.5. The van der Waals surface area contributed by atoms with Crippen LogP contribution < -0.4 is 4.74 Å². The van der Waals surface area contributed by atoms with Crippen LogP contribution in [0, 0.1) is 23.2 Å². The van der Waals surface area contributed by atoms with E-state index in [2.05, 4.69) is 25.1 Å². The zero-order valence-corrected chi connectivity index (χ0v) is 17.1. The van der Waals surface area contributed by atoms with E-state index in [9.17, 15) is 4.79 Å². The highest BCUT2D eigenvalue weighted by molar-refractivity contribution is 5.75. The number of nitriles is 1. The van der Waals surface area contributed by atoms with Gasteiger partial charge in [-0.3, -0.25) is 4.79 Å². The second-order valence-corrected chi connectivity index (χ2v) is 7.71. The Labute approximate surface area is 170 Å². The second kappa shape index (κ2) is 12.9. The van der Waals surface area contributed by atoms with Gasteiger partial charge in [-0.05, 0) is 62.1 Å². The molecule has 2 rings (SSSR count). The number of benzene rings is 1. The van der Waals surface area contributed by atoms with Crippen LogP contribution in [0.15, 0.2) is 48.6 Å². The van der Waals surface area contributed by atoms with Gasteiger partial charge in [0.15, 0.2) is 0 Å². The summed E-state index contributed by atoms with van der Waals surface area (Å²) in [5.41, 5.74) is 1.31. The zero-order chi connectivity index (χ0) is 20.0. The molecule has 0 atom stereocenters. The highest BCUT2D eigenvalue weighted by Gasteiger charge is 2.26. The van der Waals surface area contributed by atoms with E-state index in [0.717, 1.165) is 32.1 Å². The summed E-state index contributed by atoms with van der Waals surface area (Å²) in [6.07, 6.45) is 18.5. The Morgan fingerprint density at radius 3 is 2.46 bits per heavy atom. The minimum atomic E-state index is -0.0980. The number of unbranched alkanes of at least 4 members (excludes halogenated alkanes) is 4. The summed E-state index contributed by atoms with van der Waals surface area (Å²) in [7, 11) is 0. The maximum Gasteiger partial charge on any atom is 0.314 e. The van der Waals surface area contributed by atoms with Crippen LogP contribution in [0.5, 0.6) is 5.75 Å². The van der Waals surface area contributed by atoms with Gasteiger partial charge in [-0.1, -0.05) is 63.0 Å². The largest absolute Gasteiger partial charge is 0.426 e. The first-order chi connectivity index (χ1) is 13.7. The normalized spacial score (nSPS) is 19.7. The van der Waals surface area contributed by atoms with E-state index in [4.69, 9.17) is 10.00 Å². The fraction of sp³-hybridized carbons (Fsp3) is 0.520. The Morgan fingerprint density at radius 1 is 1.07 bits per heavy atom. The monoisotopic (exact) mass is 379 g/mol. The Morgan fingerprint density at radius 2 is 1.79 bits per heavy atom. The van der Waals surface area contributed by atoms with E-state index in [1.165, 1.54) is 43.7 Å². The molecule has 28 heavy (non-hydrogen) atoms. The maximum absolute atomic E-state index is 12.4. The molecular formula is C25H33NO2. The summed E-state index contributed by atoms with van der Waals surface area (Å²) in [4.78, 5) is 12.4. The number of nitrogens with zero attached hydrogens (tertiary/aromatic N) is 1. The van der Waals surface area contributed by atoms with Gasteiger partial charge < -0.3 is 4.74 Å². The van der Waals surface area contributed by atoms with Crippen LogP contribution in [-0.4, -0.2) is 5.97 Å². The van der Waals surface area contributed by atoms with Crippen LogP contribution in [0.1, 0.15) is 70.3 Å². The average molecular weight is 380 g/mol. The summed E-state index contributed by atoms with van der Waals surface area (Å²) in [6.45, 7) is 2.24. The minimum Gasteiger partial charge on any atom is -0.426 e. The maximum atomic E-state index is 12.4. The molecule has 0 N–H and O–H groups in total. The number of allylic oxidation sites excluding steroid dienone is 4. The van der Waals surface area contributed by atoms with E-state index in [1.807, 2.05) is 24.3 Å². The third-order valence-corrected chi connectivity index (χ3v) is 5.48. The van der Waals surface area contributed by atoms with Crippen LogP contribution in [0.25, 0.3) is 0 Å². The number of rotatable bonds is 10. The Kier molecular flexibility index (Phi) is 10.1. The van der Waals surface area contributed by atoms with Crippen molar-refractivity contribution < 1.29 is 9.53 Å². The van der Waals surface area contributed by atoms with Crippen molar-refractivity contribution in [2.24, 2.45) is 11.8 Å². The Balaban J connectivity index is 1.71. The van der Waals surface area contributed by atoms with Gasteiger partial charge in [0.05, 0.1) is 12.0 Å². The molecule has 0 unspecified atom stereocenters. The quantitative estimate of drug-likeness (QED) is 0.152. The van der Waals surface area contributed by atoms with Gasteiger partial charge in [0.2, 0.25) is 0 Å². The molecule has 1 aliphatic rings. The fourth-order valence-corrected chi connectivity index (χ4v) is 3.72. The molecule has 3 heteroatoms. The van der Waals surface area contributed by atoms with Gasteiger partial charge >= 0.3 is 5.97 Å². The number of hydrogen-bond donors (Lipinski definition) is 0. The highest BCUT2D eigenvalue weighted by Crippen LogP contribution is 2.31. The molecule has 1 saturated carbocycles. The number of carbonyl (C=O) groups is 1. The topological polar surface area (TPSA) is 50.1 Å². The van der Waals surface area contributed by atoms with Crippen molar-refractivity contribution in [3.05, 3.63) is 54.1 Å². The molecule has 150 valence electrons. The number of ether oxygens (including phenoxy) is 1. The van der Waals surface area contributed by atoms with Crippen LogP contribution in [-0.2, 0) is 11.2 Å². The van der Waals surface area contributed by atoms with Crippen molar-refractivity contribution in [3.8, 4) is 11.8 Å². The van der Waals surface area contributed by atoms with Crippen molar-refractivity contribution in [2.75, 3.05) is 0 Å². The van der Waals surface area contributed by atoms with Gasteiger partial charge in [-0.15, -0.1) is 0 Å². The lowest BCUT2D eigenvalue weighted by Crippen LogP contribution is -2.25. The molecule has 0 heterocycles. The molecular weight excluding hydrogens is 346 g/mol. The number of esters is 1. The molecule has 0 aromatic heterocycles. The summed E-state index contributed by atoms with van der Waals surface area (Å²) < 4.78 is 5.61. The van der Waals surface area contributed by atoms with Crippen LogP contribution in [0.3, 0.4) is 0 Å². The molecule has 1 aromatic carbocycles. The smallest absolute Gasteiger partial charge is 0.314 e. The van der Waals surface area contributed by atoms with Crippen molar-refractivity contribution >= 4 is 5.97 Å². The predicted molar refractivity (Wildman–Crippen MR) is 114 cm³/mol.